The average molecular weight is 362 g/mol. The van der Waals surface area contributed by atoms with Crippen molar-refractivity contribution in [1.29, 1.82) is 0 Å². The van der Waals surface area contributed by atoms with E-state index in [1.807, 2.05) is 0 Å². The second kappa shape index (κ2) is 7.25. The summed E-state index contributed by atoms with van der Waals surface area (Å²) in [6.07, 6.45) is 1.53. The van der Waals surface area contributed by atoms with Crippen molar-refractivity contribution in [2.45, 2.75) is 31.5 Å². The van der Waals surface area contributed by atoms with Gasteiger partial charge in [0.1, 0.15) is 6.61 Å². The van der Waals surface area contributed by atoms with Gasteiger partial charge in [-0.3, -0.25) is 4.79 Å². The van der Waals surface area contributed by atoms with E-state index in [-0.39, 0.29) is 35.3 Å². The summed E-state index contributed by atoms with van der Waals surface area (Å²) in [5.74, 6) is -0.449. The third kappa shape index (κ3) is 2.96. The molecule has 2 N–H and O–H groups in total. The molecule has 8 nitrogen and oxygen atoms in total. The van der Waals surface area contributed by atoms with E-state index in [1.165, 1.54) is 25.3 Å². The fourth-order valence-corrected chi connectivity index (χ4v) is 3.49. The first-order valence-electron chi connectivity index (χ1n) is 8.46. The van der Waals surface area contributed by atoms with Crippen LogP contribution < -0.4 is 9.64 Å². The Morgan fingerprint density at radius 1 is 1.42 bits per heavy atom. The zero-order chi connectivity index (χ0) is 18.8. The minimum atomic E-state index is -1.29. The number of carbonyl (C=O) groups is 2. The molecule has 1 saturated heterocycles. The molecule has 0 aliphatic carbocycles. The zero-order valence-electron chi connectivity index (χ0n) is 14.6. The summed E-state index contributed by atoms with van der Waals surface area (Å²) in [6, 6.07) is 2.07. The number of hydrogen-bond acceptors (Lipinski definition) is 6. The minimum Gasteiger partial charge on any atom is -0.504 e. The van der Waals surface area contributed by atoms with Crippen molar-refractivity contribution in [1.82, 2.24) is 4.90 Å². The fourth-order valence-electron chi connectivity index (χ4n) is 3.49. The van der Waals surface area contributed by atoms with E-state index in [0.29, 0.717) is 13.0 Å². The Balaban J connectivity index is 2.15. The van der Waals surface area contributed by atoms with E-state index in [4.69, 9.17) is 9.47 Å². The summed E-state index contributed by atoms with van der Waals surface area (Å²) >= 11 is 0. The number of piperidine rings is 1. The quantitative estimate of drug-likeness (QED) is 0.796. The first kappa shape index (κ1) is 18.1. The molecule has 8 heteroatoms. The van der Waals surface area contributed by atoms with Crippen LogP contribution in [0.2, 0.25) is 0 Å². The molecule has 2 atom stereocenters. The summed E-state index contributed by atoms with van der Waals surface area (Å²) in [7, 11) is 1.37. The lowest BCUT2D eigenvalue weighted by Gasteiger charge is -2.38. The number of ether oxygens (including phenoxy) is 2. The molecule has 2 aliphatic rings. The van der Waals surface area contributed by atoms with Crippen molar-refractivity contribution in [3.63, 3.8) is 0 Å². The topological polar surface area (TPSA) is 99.5 Å². The number of fused-ring (bicyclic) bond motifs is 2. The largest absolute Gasteiger partial charge is 0.504 e. The maximum atomic E-state index is 13.1. The molecule has 1 aromatic carbocycles. The molecule has 140 valence electrons. The maximum Gasteiger partial charge on any atom is 0.416 e. The normalized spacial score (nSPS) is 22.2. The second-order valence-electron chi connectivity index (χ2n) is 6.25. The van der Waals surface area contributed by atoms with E-state index in [0.717, 1.165) is 17.7 Å². The van der Waals surface area contributed by atoms with Gasteiger partial charge in [-0.1, -0.05) is 12.7 Å². The smallest absolute Gasteiger partial charge is 0.416 e. The van der Waals surface area contributed by atoms with Gasteiger partial charge in [0, 0.05) is 12.6 Å². The Labute approximate surface area is 151 Å². The first-order valence-corrected chi connectivity index (χ1v) is 8.46. The number of rotatable bonds is 3. The molecule has 2 unspecified atom stereocenters. The van der Waals surface area contributed by atoms with Crippen molar-refractivity contribution in [2.75, 3.05) is 25.2 Å². The van der Waals surface area contributed by atoms with Crippen LogP contribution in [0.15, 0.2) is 24.8 Å². The standard InChI is InChI=1S/C18H22N2O6/c1-3-8-26-18(24)20-13-10-14(21)15(25-2)9-11(13)16(22)19-7-5-4-6-12(19)17(20)23/h3,9-10,12,17,21,23H,1,4-8H2,2H3. The molecule has 2 heterocycles. The third-order valence-corrected chi connectivity index (χ3v) is 4.73. The molecular weight excluding hydrogens is 340 g/mol. The van der Waals surface area contributed by atoms with E-state index in [1.54, 1.807) is 4.90 Å². The van der Waals surface area contributed by atoms with Crippen LogP contribution in [-0.4, -0.2) is 59.6 Å². The van der Waals surface area contributed by atoms with E-state index < -0.39 is 18.4 Å². The zero-order valence-corrected chi connectivity index (χ0v) is 14.6. The van der Waals surface area contributed by atoms with Gasteiger partial charge in [-0.25, -0.2) is 9.69 Å². The lowest BCUT2D eigenvalue weighted by molar-refractivity contribution is 0.0233. The average Bonchev–Trinajstić information content (AvgIpc) is 2.73. The van der Waals surface area contributed by atoms with Gasteiger partial charge in [-0.2, -0.15) is 0 Å². The number of nitrogens with zero attached hydrogens (tertiary/aromatic N) is 2. The molecule has 0 saturated carbocycles. The molecule has 1 fully saturated rings. The van der Waals surface area contributed by atoms with Gasteiger partial charge in [-0.05, 0) is 25.3 Å². The highest BCUT2D eigenvalue weighted by atomic mass is 16.6. The number of phenolic OH excluding ortho intramolecular Hbond substituents is 1. The summed E-state index contributed by atoms with van der Waals surface area (Å²) in [5.41, 5.74) is 0.253. The van der Waals surface area contributed by atoms with Gasteiger partial charge in [0.05, 0.1) is 24.4 Å². The number of aliphatic hydroxyl groups is 1. The maximum absolute atomic E-state index is 13.1. The minimum absolute atomic E-state index is 0.0398. The second-order valence-corrected chi connectivity index (χ2v) is 6.25. The molecule has 3 rings (SSSR count). The first-order chi connectivity index (χ1) is 12.5. The number of hydrogen-bond donors (Lipinski definition) is 2. The van der Waals surface area contributed by atoms with Crippen molar-refractivity contribution in [2.24, 2.45) is 0 Å². The third-order valence-electron chi connectivity index (χ3n) is 4.73. The Kier molecular flexibility index (Phi) is 5.03. The summed E-state index contributed by atoms with van der Waals surface area (Å²) in [6.45, 7) is 3.94. The van der Waals surface area contributed by atoms with Gasteiger partial charge < -0.3 is 24.6 Å². The highest BCUT2D eigenvalue weighted by molar-refractivity contribution is 6.05. The molecule has 26 heavy (non-hydrogen) atoms. The van der Waals surface area contributed by atoms with Gasteiger partial charge in [0.2, 0.25) is 0 Å². The Morgan fingerprint density at radius 3 is 2.88 bits per heavy atom. The van der Waals surface area contributed by atoms with Crippen LogP contribution in [-0.2, 0) is 4.74 Å². The fraction of sp³-hybridized carbons (Fsp3) is 0.444. The molecule has 0 bridgehead atoms. The van der Waals surface area contributed by atoms with Crippen molar-refractivity contribution in [3.8, 4) is 11.5 Å². The number of anilines is 1. The molecule has 0 radical (unpaired) electrons. The van der Waals surface area contributed by atoms with Crippen LogP contribution in [0.3, 0.4) is 0 Å². The number of aliphatic hydroxyl groups excluding tert-OH is 1. The van der Waals surface area contributed by atoms with Crippen LogP contribution in [0.5, 0.6) is 11.5 Å². The molecule has 2 amide bonds. The molecule has 0 spiro atoms. The van der Waals surface area contributed by atoms with Gasteiger partial charge in [-0.15, -0.1) is 0 Å². The van der Waals surface area contributed by atoms with Crippen LogP contribution in [0.4, 0.5) is 10.5 Å². The number of aromatic hydroxyl groups is 1. The molecular formula is C18H22N2O6. The summed E-state index contributed by atoms with van der Waals surface area (Å²) in [4.78, 5) is 28.2. The van der Waals surface area contributed by atoms with E-state index in [9.17, 15) is 19.8 Å². The Bertz CT molecular complexity index is 735. The predicted octanol–water partition coefficient (Wildman–Crippen LogP) is 1.86. The van der Waals surface area contributed by atoms with Gasteiger partial charge in [0.15, 0.2) is 17.7 Å². The molecule has 2 aliphatic heterocycles. The molecule has 1 aromatic rings. The number of phenols is 1. The van der Waals surface area contributed by atoms with Crippen molar-refractivity contribution >= 4 is 17.7 Å². The number of benzene rings is 1. The number of carbonyl (C=O) groups excluding carboxylic acids is 2. The summed E-state index contributed by atoms with van der Waals surface area (Å²) < 4.78 is 10.2. The highest BCUT2D eigenvalue weighted by Crippen LogP contribution is 2.40. The number of amides is 2. The van der Waals surface area contributed by atoms with Crippen LogP contribution >= 0.6 is 0 Å². The van der Waals surface area contributed by atoms with Crippen LogP contribution in [0.25, 0.3) is 0 Å². The lowest BCUT2D eigenvalue weighted by Crippen LogP contribution is -2.55. The van der Waals surface area contributed by atoms with E-state index in [2.05, 4.69) is 6.58 Å². The van der Waals surface area contributed by atoms with Gasteiger partial charge >= 0.3 is 6.09 Å². The van der Waals surface area contributed by atoms with Crippen molar-refractivity contribution in [3.05, 3.63) is 30.4 Å². The van der Waals surface area contributed by atoms with E-state index >= 15 is 0 Å². The van der Waals surface area contributed by atoms with Crippen molar-refractivity contribution < 1.29 is 29.3 Å². The lowest BCUT2D eigenvalue weighted by atomic mass is 10.0. The monoisotopic (exact) mass is 362 g/mol. The SMILES string of the molecule is C=CCOC(=O)N1c2cc(O)c(OC)cc2C(=O)N2CCCCC2C1O. The summed E-state index contributed by atoms with van der Waals surface area (Å²) in [5, 5.41) is 21.0. The Hall–Kier alpha value is -2.74. The molecule has 0 aromatic heterocycles. The highest BCUT2D eigenvalue weighted by Gasteiger charge is 2.44. The Morgan fingerprint density at radius 2 is 2.19 bits per heavy atom. The van der Waals surface area contributed by atoms with Crippen LogP contribution in [0, 0.1) is 0 Å². The van der Waals surface area contributed by atoms with Crippen LogP contribution in [0.1, 0.15) is 29.6 Å². The number of methoxy groups -OCH3 is 1. The predicted molar refractivity (Wildman–Crippen MR) is 93.4 cm³/mol. The van der Waals surface area contributed by atoms with Gasteiger partial charge in [0.25, 0.3) is 5.91 Å².